The number of hydrogen-bond acceptors (Lipinski definition) is 10. The van der Waals surface area contributed by atoms with E-state index in [0.29, 0.717) is 24.2 Å². The van der Waals surface area contributed by atoms with Crippen molar-refractivity contribution >= 4 is 23.5 Å². The van der Waals surface area contributed by atoms with E-state index in [1.54, 1.807) is 13.0 Å². The number of cyclic esters (lactones) is 1. The first-order chi connectivity index (χ1) is 18.1. The zero-order chi connectivity index (χ0) is 27.3. The number of anilines is 1. The van der Waals surface area contributed by atoms with Gasteiger partial charge < -0.3 is 30.2 Å². The second-order valence-corrected chi connectivity index (χ2v) is 11.3. The Hall–Kier alpha value is -3.08. The summed E-state index contributed by atoms with van der Waals surface area (Å²) in [4.78, 5) is 33.5. The van der Waals surface area contributed by atoms with Gasteiger partial charge in [0.2, 0.25) is 5.95 Å². The first-order valence-electron chi connectivity index (χ1n) is 13.1. The van der Waals surface area contributed by atoms with Gasteiger partial charge in [0.25, 0.3) is 0 Å². The van der Waals surface area contributed by atoms with Crippen molar-refractivity contribution in [2.75, 3.05) is 25.6 Å². The Morgan fingerprint density at radius 2 is 1.97 bits per heavy atom. The molecule has 4 aliphatic rings. The number of ether oxygens (including phenoxy) is 3. The fourth-order valence-corrected chi connectivity index (χ4v) is 7.00. The third-order valence-electron chi connectivity index (χ3n) is 9.18. The summed E-state index contributed by atoms with van der Waals surface area (Å²) in [7, 11) is 0. The molecule has 4 N–H and O–H groups in total. The molecule has 10 nitrogen and oxygen atoms in total. The van der Waals surface area contributed by atoms with Gasteiger partial charge in [0.05, 0.1) is 37.1 Å². The van der Waals surface area contributed by atoms with Gasteiger partial charge in [0, 0.05) is 29.3 Å². The second kappa shape index (κ2) is 9.59. The number of rotatable bonds is 6. The molecule has 6 atom stereocenters. The van der Waals surface area contributed by atoms with Crippen LogP contribution in [-0.2, 0) is 23.8 Å². The Morgan fingerprint density at radius 3 is 2.61 bits per heavy atom. The maximum atomic E-state index is 12.9. The van der Waals surface area contributed by atoms with Crippen LogP contribution >= 0.6 is 0 Å². The van der Waals surface area contributed by atoms with E-state index in [0.717, 1.165) is 19.3 Å². The van der Waals surface area contributed by atoms with Crippen LogP contribution in [0, 0.1) is 22.7 Å². The smallest absolute Gasteiger partial charge is 0.343 e. The number of hydrogen-bond donors (Lipinski definition) is 3. The Labute approximate surface area is 221 Å². The van der Waals surface area contributed by atoms with E-state index < -0.39 is 23.5 Å². The maximum absolute atomic E-state index is 12.9. The average molecular weight is 526 g/mol. The van der Waals surface area contributed by atoms with Crippen molar-refractivity contribution in [3.8, 4) is 0 Å². The highest BCUT2D eigenvalue weighted by molar-refractivity contribution is 6.18. The summed E-state index contributed by atoms with van der Waals surface area (Å²) < 4.78 is 16.7. The number of nitrogens with two attached hydrogens (primary N) is 1. The second-order valence-electron chi connectivity index (χ2n) is 11.3. The Balaban J connectivity index is 1.50. The number of aliphatic hydroxyl groups is 2. The molecular weight excluding hydrogens is 490 g/mol. The van der Waals surface area contributed by atoms with E-state index in [2.05, 4.69) is 16.9 Å². The predicted octanol–water partition coefficient (Wildman–Crippen LogP) is 2.33. The predicted molar refractivity (Wildman–Crippen MR) is 137 cm³/mol. The van der Waals surface area contributed by atoms with Gasteiger partial charge in [-0.15, -0.1) is 0 Å². The standard InChI is InChI=1S/C28H35N3O7/c1-4-36-24(35)22(17-12-30-25(29)31-13-17)18-11-16(23(34)38-18)5-6-20-26(2)9-8-21(33)27(3,14-32)19(26)7-10-28(20)15-37-28/h5-6,11-13,19-21,32-33H,4,7-10,14-15H2,1-3H3,(H2,29,30,31)/b6-5+,22-18-/t19?,20?,21-,26+,27+,28?/m1/s1. The Kier molecular flexibility index (Phi) is 6.69. The lowest BCUT2D eigenvalue weighted by Crippen LogP contribution is -2.60. The molecule has 204 valence electrons. The van der Waals surface area contributed by atoms with Gasteiger partial charge in [-0.3, -0.25) is 0 Å². The molecule has 2 aliphatic heterocycles. The molecule has 5 rings (SSSR count). The normalized spacial score (nSPS) is 37.6. The number of aromatic nitrogens is 2. The summed E-state index contributed by atoms with van der Waals surface area (Å²) in [6.07, 6.45) is 10.5. The summed E-state index contributed by atoms with van der Waals surface area (Å²) in [5.41, 5.74) is 5.09. The minimum Gasteiger partial charge on any atom is -0.462 e. The SMILES string of the molecule is CCOC(=O)/C(=C1C=C(/C=C/C2C3(CCC4[C@]2(C)CC[C@@H](O)[C@@]4(C)CO)CO3)C(=O)O/1)c1cnc(N)nc1. The van der Waals surface area contributed by atoms with Gasteiger partial charge in [-0.2, -0.15) is 0 Å². The van der Waals surface area contributed by atoms with Crippen molar-refractivity contribution in [1.29, 1.82) is 0 Å². The summed E-state index contributed by atoms with van der Waals surface area (Å²) in [6.45, 7) is 6.56. The third-order valence-corrected chi connectivity index (χ3v) is 9.18. The van der Waals surface area contributed by atoms with Crippen LogP contribution in [0.4, 0.5) is 5.95 Å². The molecule has 10 heteroatoms. The number of allylic oxidation sites excluding steroid dienone is 1. The fraction of sp³-hybridized carbons (Fsp3) is 0.571. The quantitative estimate of drug-likeness (QED) is 0.286. The summed E-state index contributed by atoms with van der Waals surface area (Å²) in [5.74, 6) is -1.08. The molecule has 0 radical (unpaired) electrons. The molecule has 38 heavy (non-hydrogen) atoms. The zero-order valence-electron chi connectivity index (χ0n) is 22.0. The van der Waals surface area contributed by atoms with E-state index in [9.17, 15) is 19.8 Å². The van der Waals surface area contributed by atoms with Crippen molar-refractivity contribution in [3.63, 3.8) is 0 Å². The molecule has 1 saturated heterocycles. The molecule has 0 amide bonds. The van der Waals surface area contributed by atoms with Crippen molar-refractivity contribution in [3.05, 3.63) is 47.5 Å². The van der Waals surface area contributed by atoms with E-state index >= 15 is 0 Å². The van der Waals surface area contributed by atoms with Crippen molar-refractivity contribution in [2.24, 2.45) is 22.7 Å². The number of epoxide rings is 1. The van der Waals surface area contributed by atoms with Crippen LogP contribution < -0.4 is 5.73 Å². The van der Waals surface area contributed by atoms with E-state index in [1.807, 2.05) is 13.0 Å². The van der Waals surface area contributed by atoms with Gasteiger partial charge in [-0.05, 0) is 50.0 Å². The maximum Gasteiger partial charge on any atom is 0.343 e. The molecule has 1 aromatic heterocycles. The van der Waals surface area contributed by atoms with Crippen LogP contribution in [0.3, 0.4) is 0 Å². The van der Waals surface area contributed by atoms with Crippen LogP contribution in [0.1, 0.15) is 52.0 Å². The molecule has 1 spiro atoms. The summed E-state index contributed by atoms with van der Waals surface area (Å²) >= 11 is 0. The van der Waals surface area contributed by atoms with Gasteiger partial charge in [0.15, 0.2) is 0 Å². The minimum atomic E-state index is -0.665. The van der Waals surface area contributed by atoms with Gasteiger partial charge >= 0.3 is 11.9 Å². The van der Waals surface area contributed by atoms with Crippen LogP contribution in [0.5, 0.6) is 0 Å². The number of aliphatic hydroxyl groups excluding tert-OH is 2. The molecule has 0 aromatic carbocycles. The highest BCUT2D eigenvalue weighted by atomic mass is 16.6. The molecule has 0 bridgehead atoms. The lowest BCUT2D eigenvalue weighted by Gasteiger charge is -2.60. The first-order valence-corrected chi connectivity index (χ1v) is 13.1. The zero-order valence-corrected chi connectivity index (χ0v) is 22.0. The molecule has 3 unspecified atom stereocenters. The first kappa shape index (κ1) is 26.5. The number of esters is 2. The van der Waals surface area contributed by atoms with Gasteiger partial charge in [-0.1, -0.05) is 26.0 Å². The van der Waals surface area contributed by atoms with E-state index in [-0.39, 0.29) is 53.3 Å². The monoisotopic (exact) mass is 525 g/mol. The Morgan fingerprint density at radius 1 is 1.26 bits per heavy atom. The molecule has 3 heterocycles. The molecular formula is C28H35N3O7. The number of fused-ring (bicyclic) bond motifs is 1. The topological polar surface area (TPSA) is 157 Å². The number of nitrogens with zero attached hydrogens (tertiary/aromatic N) is 2. The molecule has 3 fully saturated rings. The van der Waals surface area contributed by atoms with Crippen LogP contribution in [-0.4, -0.2) is 63.6 Å². The van der Waals surface area contributed by atoms with Crippen molar-refractivity contribution in [1.82, 2.24) is 9.97 Å². The summed E-state index contributed by atoms with van der Waals surface area (Å²) in [5, 5.41) is 21.1. The number of nitrogen functional groups attached to an aromatic ring is 1. The lowest BCUT2D eigenvalue weighted by molar-refractivity contribution is -0.167. The fourth-order valence-electron chi connectivity index (χ4n) is 7.00. The third kappa shape index (κ3) is 4.24. The molecule has 2 aliphatic carbocycles. The van der Waals surface area contributed by atoms with Crippen molar-refractivity contribution < 1.29 is 34.0 Å². The lowest BCUT2D eigenvalue weighted by atomic mass is 9.45. The number of carbonyl (C=O) groups is 2. The van der Waals surface area contributed by atoms with Crippen molar-refractivity contribution in [2.45, 2.75) is 58.2 Å². The van der Waals surface area contributed by atoms with Crippen LogP contribution in [0.15, 0.2) is 42.0 Å². The highest BCUT2D eigenvalue weighted by Crippen LogP contribution is 2.65. The largest absolute Gasteiger partial charge is 0.462 e. The van der Waals surface area contributed by atoms with Crippen LogP contribution in [0.25, 0.3) is 5.57 Å². The van der Waals surface area contributed by atoms with E-state index in [4.69, 9.17) is 19.9 Å². The number of carbonyl (C=O) groups excluding carboxylic acids is 2. The minimum absolute atomic E-state index is 0.0242. The van der Waals surface area contributed by atoms with Gasteiger partial charge in [0.1, 0.15) is 11.3 Å². The molecule has 1 aromatic rings. The highest BCUT2D eigenvalue weighted by Gasteiger charge is 2.66. The van der Waals surface area contributed by atoms with E-state index in [1.165, 1.54) is 18.5 Å². The summed E-state index contributed by atoms with van der Waals surface area (Å²) in [6, 6.07) is 0. The average Bonchev–Trinajstić information content (AvgIpc) is 3.57. The van der Waals surface area contributed by atoms with Gasteiger partial charge in [-0.25, -0.2) is 19.6 Å². The molecule has 2 saturated carbocycles. The van der Waals surface area contributed by atoms with Crippen LogP contribution in [0.2, 0.25) is 0 Å². The Bertz CT molecular complexity index is 1220.